The lowest BCUT2D eigenvalue weighted by molar-refractivity contribution is -0.133. The fourth-order valence-corrected chi connectivity index (χ4v) is 2.68. The Morgan fingerprint density at radius 3 is 3.05 bits per heavy atom. The van der Waals surface area contributed by atoms with Crippen LogP contribution in [-0.4, -0.2) is 44.6 Å². The van der Waals surface area contributed by atoms with Gasteiger partial charge < -0.3 is 14.8 Å². The second kappa shape index (κ2) is 4.64. The molecule has 1 N–H and O–H groups in total. The van der Waals surface area contributed by atoms with Crippen LogP contribution < -0.4 is 5.32 Å². The molecule has 0 radical (unpaired) electrons. The molecular formula is C12H17N5O2. The van der Waals surface area contributed by atoms with Crippen molar-refractivity contribution in [1.82, 2.24) is 25.0 Å². The average molecular weight is 263 g/mol. The number of nitrogens with zero attached hydrogens (tertiary/aromatic N) is 4. The molecular weight excluding hydrogens is 246 g/mol. The highest BCUT2D eigenvalue weighted by Crippen LogP contribution is 2.16. The predicted octanol–water partition coefficient (Wildman–Crippen LogP) is -0.539. The number of carbonyl (C=O) groups is 2. The van der Waals surface area contributed by atoms with E-state index >= 15 is 0 Å². The van der Waals surface area contributed by atoms with Crippen LogP contribution in [0.5, 0.6) is 0 Å². The number of amides is 2. The van der Waals surface area contributed by atoms with Gasteiger partial charge in [-0.3, -0.25) is 9.59 Å². The molecule has 1 aromatic heterocycles. The van der Waals surface area contributed by atoms with Crippen molar-refractivity contribution in [1.29, 1.82) is 0 Å². The van der Waals surface area contributed by atoms with Crippen molar-refractivity contribution in [3.63, 3.8) is 0 Å². The number of fused-ring (bicyclic) bond motifs is 1. The molecule has 0 aromatic carbocycles. The number of carbonyl (C=O) groups excluding carboxylic acids is 2. The molecule has 7 heteroatoms. The highest BCUT2D eigenvalue weighted by Gasteiger charge is 2.30. The van der Waals surface area contributed by atoms with Gasteiger partial charge in [-0.2, -0.15) is 0 Å². The lowest BCUT2D eigenvalue weighted by atomic mass is 10.2. The molecule has 102 valence electrons. The van der Waals surface area contributed by atoms with Gasteiger partial charge in [0.1, 0.15) is 11.9 Å². The van der Waals surface area contributed by atoms with E-state index in [-0.39, 0.29) is 17.9 Å². The molecule has 0 bridgehead atoms. The van der Waals surface area contributed by atoms with Gasteiger partial charge in [-0.05, 0) is 12.8 Å². The topological polar surface area (TPSA) is 80.1 Å². The lowest BCUT2D eigenvalue weighted by Gasteiger charge is -2.20. The first kappa shape index (κ1) is 12.1. The van der Waals surface area contributed by atoms with Crippen molar-refractivity contribution < 1.29 is 9.59 Å². The largest absolute Gasteiger partial charge is 0.344 e. The highest BCUT2D eigenvalue weighted by atomic mass is 16.2. The monoisotopic (exact) mass is 263 g/mol. The second-order valence-corrected chi connectivity index (χ2v) is 5.14. The summed E-state index contributed by atoms with van der Waals surface area (Å²) in [5.41, 5.74) is 0. The van der Waals surface area contributed by atoms with Gasteiger partial charge in [-0.25, -0.2) is 0 Å². The first-order valence-electron chi connectivity index (χ1n) is 6.60. The van der Waals surface area contributed by atoms with Gasteiger partial charge >= 0.3 is 0 Å². The summed E-state index contributed by atoms with van der Waals surface area (Å²) in [4.78, 5) is 24.9. The summed E-state index contributed by atoms with van der Waals surface area (Å²) < 4.78 is 2.08. The van der Waals surface area contributed by atoms with Crippen LogP contribution in [0.25, 0.3) is 0 Å². The summed E-state index contributed by atoms with van der Waals surface area (Å²) in [5.74, 6) is 1.73. The fourth-order valence-electron chi connectivity index (χ4n) is 2.68. The molecule has 1 fully saturated rings. The summed E-state index contributed by atoms with van der Waals surface area (Å²) in [7, 11) is 1.74. The van der Waals surface area contributed by atoms with Gasteiger partial charge in [0.25, 0.3) is 0 Å². The summed E-state index contributed by atoms with van der Waals surface area (Å²) >= 11 is 0. The van der Waals surface area contributed by atoms with Crippen LogP contribution in [-0.2, 0) is 29.1 Å². The summed E-state index contributed by atoms with van der Waals surface area (Å²) in [6, 6.07) is -0.376. The van der Waals surface area contributed by atoms with E-state index in [4.69, 9.17) is 0 Å². The van der Waals surface area contributed by atoms with Crippen molar-refractivity contribution in [2.24, 2.45) is 0 Å². The molecule has 7 nitrogen and oxygen atoms in total. The predicted molar refractivity (Wildman–Crippen MR) is 66.0 cm³/mol. The standard InChI is InChI=1S/C12H17N5O2/c1-16(12(19)8-4-5-11(18)13-8)7-10-15-14-9-3-2-6-17(9)10/h8H,2-7H2,1H3,(H,13,18). The van der Waals surface area contributed by atoms with Gasteiger partial charge in [0, 0.05) is 26.4 Å². The molecule has 0 aliphatic carbocycles. The molecule has 3 heterocycles. The zero-order valence-corrected chi connectivity index (χ0v) is 10.9. The molecule has 1 unspecified atom stereocenters. The van der Waals surface area contributed by atoms with E-state index in [0.29, 0.717) is 19.4 Å². The first-order chi connectivity index (χ1) is 9.15. The number of hydrogen-bond acceptors (Lipinski definition) is 4. The Hall–Kier alpha value is -1.92. The van der Waals surface area contributed by atoms with Gasteiger partial charge in [-0.1, -0.05) is 0 Å². The SMILES string of the molecule is CN(Cc1nnc2n1CCC2)C(=O)C1CCC(=O)N1. The van der Waals surface area contributed by atoms with E-state index in [2.05, 4.69) is 20.1 Å². The lowest BCUT2D eigenvalue weighted by Crippen LogP contribution is -2.42. The zero-order valence-electron chi connectivity index (χ0n) is 10.9. The van der Waals surface area contributed by atoms with Crippen molar-refractivity contribution in [2.75, 3.05) is 7.05 Å². The molecule has 2 aliphatic heterocycles. The normalized spacial score (nSPS) is 21.3. The highest BCUT2D eigenvalue weighted by molar-refractivity contribution is 5.90. The van der Waals surface area contributed by atoms with Gasteiger partial charge in [-0.15, -0.1) is 10.2 Å². The van der Waals surface area contributed by atoms with Crippen LogP contribution in [0.4, 0.5) is 0 Å². The van der Waals surface area contributed by atoms with Gasteiger partial charge in [0.05, 0.1) is 6.54 Å². The smallest absolute Gasteiger partial charge is 0.245 e. The number of rotatable bonds is 3. The molecule has 2 aliphatic rings. The van der Waals surface area contributed by atoms with E-state index in [1.165, 1.54) is 0 Å². The zero-order chi connectivity index (χ0) is 13.4. The van der Waals surface area contributed by atoms with Crippen molar-refractivity contribution in [3.8, 4) is 0 Å². The van der Waals surface area contributed by atoms with Gasteiger partial charge in [0.2, 0.25) is 11.8 Å². The van der Waals surface area contributed by atoms with Crippen LogP contribution in [0.2, 0.25) is 0 Å². The summed E-state index contributed by atoms with van der Waals surface area (Å²) in [6.07, 6.45) is 3.07. The number of likely N-dealkylation sites (N-methyl/N-ethyl adjacent to an activating group) is 1. The maximum Gasteiger partial charge on any atom is 0.245 e. The number of nitrogens with one attached hydrogen (secondary N) is 1. The minimum atomic E-state index is -0.376. The molecule has 19 heavy (non-hydrogen) atoms. The minimum absolute atomic E-state index is 0.0462. The Morgan fingerprint density at radius 1 is 1.47 bits per heavy atom. The van der Waals surface area contributed by atoms with Crippen LogP contribution in [0.1, 0.15) is 30.9 Å². The molecule has 2 amide bonds. The van der Waals surface area contributed by atoms with Crippen molar-refractivity contribution in [2.45, 2.75) is 44.8 Å². The first-order valence-corrected chi connectivity index (χ1v) is 6.60. The summed E-state index contributed by atoms with van der Waals surface area (Å²) in [6.45, 7) is 1.37. The Morgan fingerprint density at radius 2 is 2.32 bits per heavy atom. The van der Waals surface area contributed by atoms with Gasteiger partial charge in [0.15, 0.2) is 5.82 Å². The molecule has 1 saturated heterocycles. The number of aryl methyl sites for hydroxylation is 1. The molecule has 0 saturated carbocycles. The fraction of sp³-hybridized carbons (Fsp3) is 0.667. The number of aromatic nitrogens is 3. The third-order valence-electron chi connectivity index (χ3n) is 3.73. The van der Waals surface area contributed by atoms with E-state index in [9.17, 15) is 9.59 Å². The van der Waals surface area contributed by atoms with Crippen molar-refractivity contribution in [3.05, 3.63) is 11.6 Å². The van der Waals surface area contributed by atoms with Crippen LogP contribution in [0.3, 0.4) is 0 Å². The Labute approximate surface area is 111 Å². The third kappa shape index (κ3) is 2.20. The molecule has 1 atom stereocenters. The van der Waals surface area contributed by atoms with E-state index in [0.717, 1.165) is 31.0 Å². The quantitative estimate of drug-likeness (QED) is 0.794. The van der Waals surface area contributed by atoms with Crippen LogP contribution >= 0.6 is 0 Å². The summed E-state index contributed by atoms with van der Waals surface area (Å²) in [5, 5.41) is 11.0. The maximum atomic E-state index is 12.2. The molecule has 3 rings (SSSR count). The van der Waals surface area contributed by atoms with E-state index in [1.54, 1.807) is 11.9 Å². The Balaban J connectivity index is 1.66. The average Bonchev–Trinajstić information content (AvgIpc) is 3.06. The third-order valence-corrected chi connectivity index (χ3v) is 3.73. The minimum Gasteiger partial charge on any atom is -0.344 e. The maximum absolute atomic E-state index is 12.2. The second-order valence-electron chi connectivity index (χ2n) is 5.14. The Bertz CT molecular complexity index is 524. The van der Waals surface area contributed by atoms with Crippen molar-refractivity contribution >= 4 is 11.8 Å². The van der Waals surface area contributed by atoms with Crippen LogP contribution in [0, 0.1) is 0 Å². The number of hydrogen-bond donors (Lipinski definition) is 1. The molecule has 0 spiro atoms. The molecule has 1 aromatic rings. The van der Waals surface area contributed by atoms with Crippen LogP contribution in [0.15, 0.2) is 0 Å². The Kier molecular flexibility index (Phi) is 2.96. The van der Waals surface area contributed by atoms with E-state index < -0.39 is 0 Å². The van der Waals surface area contributed by atoms with E-state index in [1.807, 2.05) is 0 Å².